The lowest BCUT2D eigenvalue weighted by molar-refractivity contribution is -0.143. The van der Waals surface area contributed by atoms with E-state index in [4.69, 9.17) is 16.9 Å². The number of hydrogen-bond acceptors (Lipinski definition) is 4. The van der Waals surface area contributed by atoms with Gasteiger partial charge in [-0.1, -0.05) is 11.6 Å². The summed E-state index contributed by atoms with van der Waals surface area (Å²) in [6.07, 6.45) is -7.90. The smallest absolute Gasteiger partial charge is 0.251 e. The van der Waals surface area contributed by atoms with Crippen molar-refractivity contribution in [3.05, 3.63) is 40.4 Å². The van der Waals surface area contributed by atoms with E-state index in [1.54, 1.807) is 6.07 Å². The monoisotopic (exact) mass is 348 g/mol. The lowest BCUT2D eigenvalue weighted by Gasteiger charge is -2.12. The average molecular weight is 349 g/mol. The molecule has 0 radical (unpaired) electrons. The zero-order chi connectivity index (χ0) is 17.2. The Morgan fingerprint density at radius 1 is 1.17 bits per heavy atom. The molecule has 0 bridgehead atoms. The van der Waals surface area contributed by atoms with Crippen LogP contribution < -0.4 is 0 Å². The molecule has 4 nitrogen and oxygen atoms in total. The lowest BCUT2D eigenvalue weighted by Crippen LogP contribution is -2.15. The number of nitriles is 1. The average Bonchev–Trinajstić information content (AvgIpc) is 2.48. The predicted octanol–water partition coefficient (Wildman–Crippen LogP) is 4.21. The van der Waals surface area contributed by atoms with Gasteiger partial charge in [0.15, 0.2) is 5.69 Å². The van der Waals surface area contributed by atoms with Crippen molar-refractivity contribution in [1.82, 2.24) is 15.0 Å². The summed E-state index contributed by atoms with van der Waals surface area (Å²) >= 11 is 5.80. The first-order valence-corrected chi connectivity index (χ1v) is 6.37. The van der Waals surface area contributed by atoms with Gasteiger partial charge in [-0.15, -0.1) is 0 Å². The molecule has 0 aliphatic rings. The molecule has 0 aromatic carbocycles. The fourth-order valence-electron chi connectivity index (χ4n) is 1.72. The number of halogens is 6. The third-order valence-corrected chi connectivity index (χ3v) is 3.05. The number of nitrogens with zero attached hydrogens (tertiary/aromatic N) is 4. The molecule has 0 atom stereocenters. The molecule has 0 fully saturated rings. The second kappa shape index (κ2) is 6.42. The molecule has 2 aromatic heterocycles. The van der Waals surface area contributed by atoms with E-state index in [2.05, 4.69) is 15.0 Å². The zero-order valence-electron chi connectivity index (χ0n) is 11.1. The van der Waals surface area contributed by atoms with Crippen LogP contribution in [0.5, 0.6) is 0 Å². The minimum Gasteiger partial charge on any atom is -0.251 e. The van der Waals surface area contributed by atoms with E-state index < -0.39 is 24.0 Å². The van der Waals surface area contributed by atoms with Crippen LogP contribution in [0.25, 0.3) is 11.4 Å². The highest BCUT2D eigenvalue weighted by molar-refractivity contribution is 6.31. The molecule has 2 aromatic rings. The van der Waals surface area contributed by atoms with E-state index in [1.807, 2.05) is 0 Å². The molecule has 2 rings (SSSR count). The first-order chi connectivity index (χ1) is 10.7. The van der Waals surface area contributed by atoms with Crippen LogP contribution in [0.4, 0.5) is 22.0 Å². The molecular formula is C13H6ClF5N4. The molecule has 0 aliphatic heterocycles. The number of aromatic nitrogens is 3. The zero-order valence-corrected chi connectivity index (χ0v) is 11.8. The molecule has 0 saturated carbocycles. The van der Waals surface area contributed by atoms with Gasteiger partial charge in [-0.25, -0.2) is 18.7 Å². The Morgan fingerprint density at radius 3 is 2.43 bits per heavy atom. The third-order valence-electron chi connectivity index (χ3n) is 2.70. The molecule has 0 unspecified atom stereocenters. The first kappa shape index (κ1) is 17.0. The van der Waals surface area contributed by atoms with Crippen molar-refractivity contribution < 1.29 is 22.0 Å². The summed E-state index contributed by atoms with van der Waals surface area (Å²) in [6, 6.07) is 4.39. The molecule has 0 spiro atoms. The second-order valence-corrected chi connectivity index (χ2v) is 4.65. The first-order valence-electron chi connectivity index (χ1n) is 5.99. The van der Waals surface area contributed by atoms with Crippen molar-refractivity contribution >= 4 is 11.6 Å². The molecule has 2 heterocycles. The minimum atomic E-state index is -5.09. The summed E-state index contributed by atoms with van der Waals surface area (Å²) in [5.74, 6) is 0. The van der Waals surface area contributed by atoms with E-state index in [-0.39, 0.29) is 28.5 Å². The van der Waals surface area contributed by atoms with Crippen LogP contribution >= 0.6 is 11.6 Å². The van der Waals surface area contributed by atoms with Gasteiger partial charge < -0.3 is 0 Å². The summed E-state index contributed by atoms with van der Waals surface area (Å²) in [7, 11) is 0. The fourth-order valence-corrected chi connectivity index (χ4v) is 1.89. The molecule has 120 valence electrons. The summed E-state index contributed by atoms with van der Waals surface area (Å²) in [4.78, 5) is 10.3. The normalized spacial score (nSPS) is 11.6. The second-order valence-electron chi connectivity index (χ2n) is 4.25. The van der Waals surface area contributed by atoms with E-state index >= 15 is 0 Å². The summed E-state index contributed by atoms with van der Waals surface area (Å²) in [5.41, 5.74) is -3.49. The van der Waals surface area contributed by atoms with Crippen molar-refractivity contribution in [3.63, 3.8) is 0 Å². The molecular weight excluding hydrogens is 343 g/mol. The SMILES string of the molecule is N#CCc1nc(-c2cnc(C(F)F)c(C(F)(F)F)n2)ccc1Cl. The fraction of sp³-hybridized carbons (Fsp3) is 0.231. The van der Waals surface area contributed by atoms with E-state index in [9.17, 15) is 22.0 Å². The van der Waals surface area contributed by atoms with Crippen LogP contribution in [-0.4, -0.2) is 15.0 Å². The summed E-state index contributed by atoms with van der Waals surface area (Å²) in [6.45, 7) is 0. The number of pyridine rings is 1. The standard InChI is InChI=1S/C13H6ClF5N4/c14-6-1-2-8(22-7(6)3-4-20)9-5-21-10(12(15)16)11(23-9)13(17,18)19/h1-2,5,12H,3H2. The van der Waals surface area contributed by atoms with Crippen molar-refractivity contribution in [1.29, 1.82) is 5.26 Å². The van der Waals surface area contributed by atoms with Crippen molar-refractivity contribution in [2.45, 2.75) is 19.0 Å². The van der Waals surface area contributed by atoms with E-state index in [0.29, 0.717) is 0 Å². The Morgan fingerprint density at radius 2 is 1.87 bits per heavy atom. The van der Waals surface area contributed by atoms with E-state index in [1.165, 1.54) is 12.1 Å². The van der Waals surface area contributed by atoms with Gasteiger partial charge in [0.05, 0.1) is 35.1 Å². The van der Waals surface area contributed by atoms with Crippen LogP contribution in [0.2, 0.25) is 5.02 Å². The van der Waals surface area contributed by atoms with Gasteiger partial charge in [0.1, 0.15) is 11.4 Å². The quantitative estimate of drug-likeness (QED) is 0.779. The predicted molar refractivity (Wildman–Crippen MR) is 69.5 cm³/mol. The number of hydrogen-bond donors (Lipinski definition) is 0. The topological polar surface area (TPSA) is 62.5 Å². The van der Waals surface area contributed by atoms with Gasteiger partial charge >= 0.3 is 6.18 Å². The van der Waals surface area contributed by atoms with Crippen molar-refractivity contribution in [3.8, 4) is 17.5 Å². The van der Waals surface area contributed by atoms with Gasteiger partial charge in [-0.2, -0.15) is 18.4 Å². The molecule has 0 saturated heterocycles. The Balaban J connectivity index is 2.57. The van der Waals surface area contributed by atoms with Crippen LogP contribution in [0.15, 0.2) is 18.3 Å². The summed E-state index contributed by atoms with van der Waals surface area (Å²) in [5, 5.41) is 8.80. The van der Waals surface area contributed by atoms with Gasteiger partial charge in [0, 0.05) is 0 Å². The Hall–Kier alpha value is -2.34. The van der Waals surface area contributed by atoms with Gasteiger partial charge in [-0.05, 0) is 12.1 Å². The maximum atomic E-state index is 12.8. The number of alkyl halides is 5. The van der Waals surface area contributed by atoms with Gasteiger partial charge in [-0.3, -0.25) is 4.98 Å². The Bertz CT molecular complexity index is 770. The van der Waals surface area contributed by atoms with Gasteiger partial charge in [0.25, 0.3) is 6.43 Å². The molecule has 0 amide bonds. The highest BCUT2D eigenvalue weighted by Crippen LogP contribution is 2.35. The van der Waals surface area contributed by atoms with Crippen molar-refractivity contribution in [2.75, 3.05) is 0 Å². The van der Waals surface area contributed by atoms with Crippen LogP contribution in [0, 0.1) is 11.3 Å². The molecule has 0 aliphatic carbocycles. The highest BCUT2D eigenvalue weighted by Gasteiger charge is 2.39. The molecule has 23 heavy (non-hydrogen) atoms. The van der Waals surface area contributed by atoms with Crippen LogP contribution in [0.3, 0.4) is 0 Å². The maximum absolute atomic E-state index is 12.8. The molecule has 0 N–H and O–H groups in total. The largest absolute Gasteiger partial charge is 0.435 e. The number of rotatable bonds is 3. The Labute approximate surface area is 131 Å². The maximum Gasteiger partial charge on any atom is 0.435 e. The highest BCUT2D eigenvalue weighted by atomic mass is 35.5. The minimum absolute atomic E-state index is 0.0570. The van der Waals surface area contributed by atoms with Crippen molar-refractivity contribution in [2.24, 2.45) is 0 Å². The van der Waals surface area contributed by atoms with Crippen LogP contribution in [-0.2, 0) is 12.6 Å². The summed E-state index contributed by atoms with van der Waals surface area (Å²) < 4.78 is 63.8. The lowest BCUT2D eigenvalue weighted by atomic mass is 10.2. The van der Waals surface area contributed by atoms with Crippen LogP contribution in [0.1, 0.15) is 23.5 Å². The Kier molecular flexibility index (Phi) is 4.75. The third kappa shape index (κ3) is 3.71. The molecule has 10 heteroatoms. The van der Waals surface area contributed by atoms with E-state index in [0.717, 1.165) is 6.20 Å². The van der Waals surface area contributed by atoms with Gasteiger partial charge in [0.2, 0.25) is 0 Å².